The minimum Gasteiger partial charge on any atom is -0.495 e. The maximum Gasteiger partial charge on any atom is 0.137 e. The van der Waals surface area contributed by atoms with E-state index in [0.717, 1.165) is 11.1 Å². The van der Waals surface area contributed by atoms with Crippen LogP contribution in [0.1, 0.15) is 12.5 Å². The van der Waals surface area contributed by atoms with E-state index < -0.39 is 0 Å². The first-order valence-corrected chi connectivity index (χ1v) is 5.20. The molecule has 0 fully saturated rings. The summed E-state index contributed by atoms with van der Waals surface area (Å²) in [5, 5.41) is 0.546. The van der Waals surface area contributed by atoms with Crippen LogP contribution in [-0.2, 0) is 0 Å². The number of halogens is 1. The smallest absolute Gasteiger partial charge is 0.137 e. The van der Waals surface area contributed by atoms with Crippen molar-refractivity contribution >= 4 is 23.5 Å². The Morgan fingerprint density at radius 3 is 2.69 bits per heavy atom. The van der Waals surface area contributed by atoms with E-state index >= 15 is 0 Å². The molecule has 0 radical (unpaired) electrons. The molecule has 1 rings (SSSR count). The fourth-order valence-corrected chi connectivity index (χ4v) is 1.58. The lowest BCUT2D eigenvalue weighted by atomic mass is 10.1. The van der Waals surface area contributed by atoms with Gasteiger partial charge in [0, 0.05) is 19.0 Å². The van der Waals surface area contributed by atoms with E-state index in [4.69, 9.17) is 22.1 Å². The molecule has 0 aliphatic rings. The van der Waals surface area contributed by atoms with E-state index in [-0.39, 0.29) is 0 Å². The van der Waals surface area contributed by atoms with Gasteiger partial charge in [0.15, 0.2) is 0 Å². The fourth-order valence-electron chi connectivity index (χ4n) is 1.32. The predicted octanol–water partition coefficient (Wildman–Crippen LogP) is 2.74. The van der Waals surface area contributed by atoms with Gasteiger partial charge >= 0.3 is 0 Å². The molecule has 0 unspecified atom stereocenters. The van der Waals surface area contributed by atoms with Crippen LogP contribution < -0.4 is 10.5 Å². The molecule has 2 N–H and O–H groups in total. The zero-order chi connectivity index (χ0) is 12.1. The van der Waals surface area contributed by atoms with Gasteiger partial charge in [-0.3, -0.25) is 4.99 Å². The van der Waals surface area contributed by atoms with Crippen molar-refractivity contribution in [2.45, 2.75) is 6.92 Å². The molecule has 0 aliphatic heterocycles. The second-order valence-electron chi connectivity index (χ2n) is 3.33. The Balaban J connectivity index is 3.15. The number of hydrogen-bond acceptors (Lipinski definition) is 3. The first-order valence-electron chi connectivity index (χ1n) is 4.82. The number of allylic oxidation sites excluding steroid dienone is 1. The molecule has 0 aliphatic carbocycles. The van der Waals surface area contributed by atoms with Gasteiger partial charge in [-0.1, -0.05) is 11.6 Å². The summed E-state index contributed by atoms with van der Waals surface area (Å²) in [7, 11) is 3.28. The Morgan fingerprint density at radius 2 is 2.19 bits per heavy atom. The van der Waals surface area contributed by atoms with Crippen LogP contribution in [-0.4, -0.2) is 20.4 Å². The molecule has 0 aromatic heterocycles. The highest BCUT2D eigenvalue weighted by Crippen LogP contribution is 2.27. The number of aliphatic imine (C=N–C) groups is 1. The zero-order valence-electron chi connectivity index (χ0n) is 9.62. The summed E-state index contributed by atoms with van der Waals surface area (Å²) >= 11 is 6.02. The van der Waals surface area contributed by atoms with Crippen LogP contribution in [0.25, 0.3) is 5.70 Å². The average Bonchev–Trinajstić information content (AvgIpc) is 2.28. The molecule has 1 aromatic rings. The van der Waals surface area contributed by atoms with Crippen LogP contribution in [0.15, 0.2) is 28.8 Å². The molecule has 16 heavy (non-hydrogen) atoms. The van der Waals surface area contributed by atoms with Gasteiger partial charge in [-0.05, 0) is 36.3 Å². The molecule has 3 nitrogen and oxygen atoms in total. The van der Waals surface area contributed by atoms with Gasteiger partial charge in [-0.2, -0.15) is 0 Å². The second-order valence-corrected chi connectivity index (χ2v) is 3.74. The van der Waals surface area contributed by atoms with Crippen molar-refractivity contribution in [3.05, 3.63) is 34.4 Å². The normalized spacial score (nSPS) is 12.8. The molecule has 0 atom stereocenters. The minimum absolute atomic E-state index is 0.546. The van der Waals surface area contributed by atoms with Crippen molar-refractivity contribution in [2.75, 3.05) is 14.2 Å². The number of rotatable bonds is 3. The molecule has 1 aromatic carbocycles. The average molecular weight is 239 g/mol. The SMILES string of the molecule is CN=CC(C)=C(N)c1ccc(OC)c(Cl)c1. The monoisotopic (exact) mass is 238 g/mol. The van der Waals surface area contributed by atoms with Crippen molar-refractivity contribution in [1.29, 1.82) is 0 Å². The maximum absolute atomic E-state index is 6.02. The summed E-state index contributed by atoms with van der Waals surface area (Å²) in [5.74, 6) is 0.639. The number of benzene rings is 1. The van der Waals surface area contributed by atoms with Gasteiger partial charge in [0.25, 0.3) is 0 Å². The van der Waals surface area contributed by atoms with Crippen molar-refractivity contribution in [3.8, 4) is 5.75 Å². The first kappa shape index (κ1) is 12.6. The summed E-state index contributed by atoms with van der Waals surface area (Å²) in [6, 6.07) is 5.44. The molecular weight excluding hydrogens is 224 g/mol. The van der Waals surface area contributed by atoms with Crippen LogP contribution in [0.4, 0.5) is 0 Å². The quantitative estimate of drug-likeness (QED) is 0.824. The lowest BCUT2D eigenvalue weighted by molar-refractivity contribution is 0.415. The third kappa shape index (κ3) is 2.76. The van der Waals surface area contributed by atoms with Gasteiger partial charge in [0.1, 0.15) is 5.75 Å². The molecule has 0 saturated heterocycles. The second kappa shape index (κ2) is 5.56. The standard InChI is InChI=1S/C12H15ClN2O/c1-8(7-15-2)12(14)9-4-5-11(16-3)10(13)6-9/h4-7H,14H2,1-3H3. The van der Waals surface area contributed by atoms with Crippen molar-refractivity contribution in [3.63, 3.8) is 0 Å². The molecule has 0 bridgehead atoms. The summed E-state index contributed by atoms with van der Waals surface area (Å²) in [6.07, 6.45) is 1.72. The van der Waals surface area contributed by atoms with Gasteiger partial charge in [0.2, 0.25) is 0 Å². The third-order valence-electron chi connectivity index (χ3n) is 2.21. The largest absolute Gasteiger partial charge is 0.495 e. The number of methoxy groups -OCH3 is 1. The highest BCUT2D eigenvalue weighted by molar-refractivity contribution is 6.32. The molecule has 0 heterocycles. The lowest BCUT2D eigenvalue weighted by Gasteiger charge is -2.07. The summed E-state index contributed by atoms with van der Waals surface area (Å²) in [5.41, 5.74) is 8.41. The van der Waals surface area contributed by atoms with Gasteiger partial charge in [0.05, 0.1) is 12.1 Å². The summed E-state index contributed by atoms with van der Waals surface area (Å²) in [6.45, 7) is 1.90. The lowest BCUT2D eigenvalue weighted by Crippen LogP contribution is -2.01. The highest BCUT2D eigenvalue weighted by Gasteiger charge is 2.05. The van der Waals surface area contributed by atoms with Crippen LogP contribution in [0.2, 0.25) is 5.02 Å². The van der Waals surface area contributed by atoms with Crippen molar-refractivity contribution in [1.82, 2.24) is 0 Å². The van der Waals surface area contributed by atoms with E-state index in [1.807, 2.05) is 13.0 Å². The Morgan fingerprint density at radius 1 is 1.50 bits per heavy atom. The molecule has 0 saturated carbocycles. The van der Waals surface area contributed by atoms with E-state index in [2.05, 4.69) is 4.99 Å². The maximum atomic E-state index is 6.02. The van der Waals surface area contributed by atoms with Crippen molar-refractivity contribution in [2.24, 2.45) is 10.7 Å². The minimum atomic E-state index is 0.546. The van der Waals surface area contributed by atoms with Crippen LogP contribution in [0.5, 0.6) is 5.75 Å². The number of nitrogens with zero attached hydrogens (tertiary/aromatic N) is 1. The Bertz CT molecular complexity index is 439. The van der Waals surface area contributed by atoms with Crippen LogP contribution >= 0.6 is 11.6 Å². The molecular formula is C12H15ClN2O. The third-order valence-corrected chi connectivity index (χ3v) is 2.51. The van der Waals surface area contributed by atoms with Crippen LogP contribution in [0, 0.1) is 0 Å². The topological polar surface area (TPSA) is 47.6 Å². The number of hydrogen-bond donors (Lipinski definition) is 1. The van der Waals surface area contributed by atoms with E-state index in [1.54, 1.807) is 32.5 Å². The zero-order valence-corrected chi connectivity index (χ0v) is 10.4. The molecule has 4 heteroatoms. The number of ether oxygens (including phenoxy) is 1. The molecule has 0 amide bonds. The Hall–Kier alpha value is -1.48. The predicted molar refractivity (Wildman–Crippen MR) is 69.2 cm³/mol. The summed E-state index contributed by atoms with van der Waals surface area (Å²) < 4.78 is 5.07. The molecule has 86 valence electrons. The van der Waals surface area contributed by atoms with Gasteiger partial charge in [-0.15, -0.1) is 0 Å². The Labute approximate surface area is 101 Å². The van der Waals surface area contributed by atoms with Crippen LogP contribution in [0.3, 0.4) is 0 Å². The number of nitrogens with two attached hydrogens (primary N) is 1. The van der Waals surface area contributed by atoms with Crippen molar-refractivity contribution < 1.29 is 4.74 Å². The highest BCUT2D eigenvalue weighted by atomic mass is 35.5. The van der Waals surface area contributed by atoms with E-state index in [1.165, 1.54) is 0 Å². The van der Waals surface area contributed by atoms with Gasteiger partial charge in [-0.25, -0.2) is 0 Å². The van der Waals surface area contributed by atoms with E-state index in [0.29, 0.717) is 16.5 Å². The van der Waals surface area contributed by atoms with E-state index in [9.17, 15) is 0 Å². The van der Waals surface area contributed by atoms with Gasteiger partial charge < -0.3 is 10.5 Å². The Kier molecular flexibility index (Phi) is 4.38. The summed E-state index contributed by atoms with van der Waals surface area (Å²) in [4.78, 5) is 3.92. The fraction of sp³-hybridized carbons (Fsp3) is 0.250. The first-order chi connectivity index (χ1) is 7.60. The molecule has 0 spiro atoms.